The van der Waals surface area contributed by atoms with Crippen LogP contribution in [0.2, 0.25) is 0 Å². The van der Waals surface area contributed by atoms with Gasteiger partial charge in [0.1, 0.15) is 23.9 Å². The summed E-state index contributed by atoms with van der Waals surface area (Å²) in [6, 6.07) is 18.5. The van der Waals surface area contributed by atoms with E-state index in [0.29, 0.717) is 37.6 Å². The number of halogens is 1. The van der Waals surface area contributed by atoms with E-state index in [-0.39, 0.29) is 17.7 Å². The minimum absolute atomic E-state index is 0.0186. The minimum Gasteiger partial charge on any atom is -0.497 e. The summed E-state index contributed by atoms with van der Waals surface area (Å²) in [5.41, 5.74) is 5.37. The number of rotatable bonds is 9. The molecule has 0 bridgehead atoms. The van der Waals surface area contributed by atoms with E-state index in [1.807, 2.05) is 43.3 Å². The highest BCUT2D eigenvalue weighted by Crippen LogP contribution is 2.36. The van der Waals surface area contributed by atoms with Crippen LogP contribution in [0.4, 0.5) is 4.39 Å². The van der Waals surface area contributed by atoms with Crippen molar-refractivity contribution in [3.63, 3.8) is 0 Å². The zero-order valence-electron chi connectivity index (χ0n) is 20.9. The molecule has 3 aromatic carbocycles. The van der Waals surface area contributed by atoms with Crippen LogP contribution in [0.1, 0.15) is 42.4 Å². The summed E-state index contributed by atoms with van der Waals surface area (Å²) in [4.78, 5) is 11.6. The van der Waals surface area contributed by atoms with Crippen molar-refractivity contribution in [2.24, 2.45) is 0 Å². The van der Waals surface area contributed by atoms with Gasteiger partial charge in [-0.2, -0.15) is 0 Å². The summed E-state index contributed by atoms with van der Waals surface area (Å²) in [6.07, 6.45) is 3.12. The van der Waals surface area contributed by atoms with Crippen LogP contribution in [0.5, 0.6) is 11.5 Å². The van der Waals surface area contributed by atoms with Gasteiger partial charge in [0.25, 0.3) is 0 Å². The molecule has 0 radical (unpaired) electrons. The first kappa shape index (κ1) is 25.5. The molecule has 6 heteroatoms. The Hall–Kier alpha value is -3.64. The number of benzene rings is 3. The van der Waals surface area contributed by atoms with E-state index in [1.54, 1.807) is 19.2 Å². The summed E-state index contributed by atoms with van der Waals surface area (Å²) >= 11 is 0. The van der Waals surface area contributed by atoms with Crippen LogP contribution in [-0.2, 0) is 20.9 Å². The Morgan fingerprint density at radius 2 is 1.86 bits per heavy atom. The van der Waals surface area contributed by atoms with E-state index >= 15 is 0 Å². The number of carbonyl (C=O) groups excluding carboxylic acids is 1. The predicted octanol–water partition coefficient (Wildman–Crippen LogP) is 6.55. The first-order chi connectivity index (χ1) is 17.5. The molecule has 1 unspecified atom stereocenters. The maximum Gasteiger partial charge on any atom is 0.306 e. The Bertz CT molecular complexity index is 1250. The first-order valence-electron chi connectivity index (χ1n) is 12.0. The molecule has 3 aromatic rings. The van der Waals surface area contributed by atoms with Crippen molar-refractivity contribution in [2.75, 3.05) is 27.4 Å². The Kier molecular flexibility index (Phi) is 8.39. The second-order valence-electron chi connectivity index (χ2n) is 8.82. The Labute approximate surface area is 211 Å². The van der Waals surface area contributed by atoms with Crippen LogP contribution in [0.3, 0.4) is 0 Å². The molecule has 5 nitrogen and oxygen atoms in total. The van der Waals surface area contributed by atoms with E-state index in [2.05, 4.69) is 12.1 Å². The van der Waals surface area contributed by atoms with Crippen LogP contribution in [0.25, 0.3) is 16.7 Å². The Balaban J connectivity index is 1.60. The van der Waals surface area contributed by atoms with Crippen molar-refractivity contribution in [1.29, 1.82) is 0 Å². The van der Waals surface area contributed by atoms with Crippen molar-refractivity contribution < 1.29 is 28.1 Å². The summed E-state index contributed by atoms with van der Waals surface area (Å²) in [6.45, 7) is 3.50. The number of ether oxygens (including phenoxy) is 4. The predicted molar refractivity (Wildman–Crippen MR) is 138 cm³/mol. The Morgan fingerprint density at radius 1 is 1.00 bits per heavy atom. The lowest BCUT2D eigenvalue weighted by Crippen LogP contribution is -2.07. The zero-order valence-corrected chi connectivity index (χ0v) is 20.9. The largest absolute Gasteiger partial charge is 0.497 e. The third-order valence-electron chi connectivity index (χ3n) is 6.39. The molecular weight excluding hydrogens is 459 g/mol. The number of esters is 1. The third-order valence-corrected chi connectivity index (χ3v) is 6.39. The molecule has 0 spiro atoms. The molecular formula is C30H31FO5. The number of carbonyl (C=O) groups is 1. The quantitative estimate of drug-likeness (QED) is 0.318. The second-order valence-corrected chi connectivity index (χ2v) is 8.82. The lowest BCUT2D eigenvalue weighted by molar-refractivity contribution is -0.140. The van der Waals surface area contributed by atoms with Gasteiger partial charge in [0, 0.05) is 5.56 Å². The topological polar surface area (TPSA) is 54.0 Å². The molecule has 4 rings (SSSR count). The zero-order chi connectivity index (χ0) is 25.5. The van der Waals surface area contributed by atoms with Crippen molar-refractivity contribution in [3.05, 3.63) is 89.2 Å². The summed E-state index contributed by atoms with van der Waals surface area (Å²) < 4.78 is 36.6. The van der Waals surface area contributed by atoms with Gasteiger partial charge in [-0.15, -0.1) is 0 Å². The molecule has 1 atom stereocenters. The lowest BCUT2D eigenvalue weighted by Gasteiger charge is -2.19. The fraction of sp³-hybridized carbons (Fsp3) is 0.300. The van der Waals surface area contributed by atoms with Crippen LogP contribution in [-0.4, -0.2) is 33.4 Å². The van der Waals surface area contributed by atoms with E-state index in [1.165, 1.54) is 13.2 Å². The van der Waals surface area contributed by atoms with Gasteiger partial charge in [-0.05, 0) is 76.6 Å². The highest BCUT2D eigenvalue weighted by atomic mass is 19.1. The molecule has 0 saturated heterocycles. The van der Waals surface area contributed by atoms with Crippen LogP contribution >= 0.6 is 0 Å². The minimum atomic E-state index is -0.299. The van der Waals surface area contributed by atoms with Gasteiger partial charge < -0.3 is 18.9 Å². The molecule has 36 heavy (non-hydrogen) atoms. The average Bonchev–Trinajstić information content (AvgIpc) is 2.92. The standard InChI is InChI=1S/C30H31FO5/c1-20(15-30(32)34-3)23-5-4-6-25(17-23)36-19-21-7-9-26(27(16-21)22-11-13-35-14-12-22)28-18-24(33-2)8-10-29(28)31/h4-11,16-18,20H,12-15,19H2,1-3H3. The molecule has 0 amide bonds. The van der Waals surface area contributed by atoms with E-state index in [9.17, 15) is 9.18 Å². The highest BCUT2D eigenvalue weighted by Gasteiger charge is 2.17. The van der Waals surface area contributed by atoms with Gasteiger partial charge in [-0.3, -0.25) is 4.79 Å². The van der Waals surface area contributed by atoms with Gasteiger partial charge in [0.2, 0.25) is 0 Å². The fourth-order valence-corrected chi connectivity index (χ4v) is 4.32. The number of hydrogen-bond acceptors (Lipinski definition) is 5. The van der Waals surface area contributed by atoms with Gasteiger partial charge in [-0.1, -0.05) is 37.3 Å². The summed E-state index contributed by atoms with van der Waals surface area (Å²) in [5.74, 6) is 0.805. The van der Waals surface area contributed by atoms with Gasteiger partial charge in [0.15, 0.2) is 0 Å². The van der Waals surface area contributed by atoms with E-state index in [4.69, 9.17) is 18.9 Å². The smallest absolute Gasteiger partial charge is 0.306 e. The monoisotopic (exact) mass is 490 g/mol. The van der Waals surface area contributed by atoms with Crippen molar-refractivity contribution in [1.82, 2.24) is 0 Å². The van der Waals surface area contributed by atoms with Gasteiger partial charge >= 0.3 is 5.97 Å². The van der Waals surface area contributed by atoms with Crippen molar-refractivity contribution in [3.8, 4) is 22.6 Å². The first-order valence-corrected chi connectivity index (χ1v) is 12.0. The van der Waals surface area contributed by atoms with Crippen LogP contribution in [0.15, 0.2) is 66.7 Å². The van der Waals surface area contributed by atoms with Gasteiger partial charge in [0.05, 0.1) is 33.9 Å². The lowest BCUT2D eigenvalue weighted by atomic mass is 9.90. The number of hydrogen-bond donors (Lipinski definition) is 0. The molecule has 1 aliphatic heterocycles. The number of methoxy groups -OCH3 is 2. The van der Waals surface area contributed by atoms with Crippen molar-refractivity contribution in [2.45, 2.75) is 32.3 Å². The van der Waals surface area contributed by atoms with E-state index in [0.717, 1.165) is 40.0 Å². The van der Waals surface area contributed by atoms with Crippen LogP contribution < -0.4 is 9.47 Å². The summed E-state index contributed by atoms with van der Waals surface area (Å²) in [7, 11) is 2.97. The second kappa shape index (κ2) is 11.9. The molecule has 0 fully saturated rings. The van der Waals surface area contributed by atoms with E-state index < -0.39 is 0 Å². The molecule has 188 valence electrons. The fourth-order valence-electron chi connectivity index (χ4n) is 4.32. The Morgan fingerprint density at radius 3 is 2.61 bits per heavy atom. The molecule has 0 N–H and O–H groups in total. The molecule has 1 aliphatic rings. The molecule has 0 aromatic heterocycles. The maximum atomic E-state index is 14.9. The molecule has 0 aliphatic carbocycles. The average molecular weight is 491 g/mol. The highest BCUT2D eigenvalue weighted by molar-refractivity contribution is 5.83. The molecule has 0 saturated carbocycles. The SMILES string of the molecule is COC(=O)CC(C)c1cccc(OCc2ccc(-c3cc(OC)ccc3F)c(C3=CCOCC3)c2)c1. The van der Waals surface area contributed by atoms with Gasteiger partial charge in [-0.25, -0.2) is 4.39 Å². The third kappa shape index (κ3) is 6.13. The van der Waals surface area contributed by atoms with Crippen LogP contribution in [0, 0.1) is 5.82 Å². The normalized spacial score (nSPS) is 14.1. The maximum absolute atomic E-state index is 14.9. The summed E-state index contributed by atoms with van der Waals surface area (Å²) in [5, 5.41) is 0. The molecule has 1 heterocycles. The van der Waals surface area contributed by atoms with Crippen molar-refractivity contribution >= 4 is 11.5 Å².